The molecule has 2 aliphatic rings. The molecule has 2 fully saturated rings. The van der Waals surface area contributed by atoms with E-state index in [0.717, 1.165) is 31.1 Å². The number of halogens is 1. The van der Waals surface area contributed by atoms with E-state index in [-0.39, 0.29) is 11.2 Å². The molecule has 4 nitrogen and oxygen atoms in total. The predicted octanol–water partition coefficient (Wildman–Crippen LogP) is 2.69. The third kappa shape index (κ3) is 3.20. The van der Waals surface area contributed by atoms with Crippen molar-refractivity contribution in [3.8, 4) is 0 Å². The molecule has 1 aliphatic carbocycles. The molecule has 5 heteroatoms. The summed E-state index contributed by atoms with van der Waals surface area (Å²) in [4.78, 5) is 4.61. The quantitative estimate of drug-likeness (QED) is 0.662. The maximum atomic E-state index is 13.3. The highest BCUT2D eigenvalue weighted by atomic mass is 19.1. The summed E-state index contributed by atoms with van der Waals surface area (Å²) in [5, 5.41) is 6.85. The Morgan fingerprint density at radius 3 is 3.00 bits per heavy atom. The van der Waals surface area contributed by atoms with Gasteiger partial charge in [-0.1, -0.05) is 26.0 Å². The molecule has 1 aliphatic heterocycles. The molecule has 126 valence electrons. The highest BCUT2D eigenvalue weighted by Crippen LogP contribution is 2.52. The van der Waals surface area contributed by atoms with Crippen LogP contribution in [0.15, 0.2) is 29.3 Å². The minimum Gasteiger partial charge on any atom is -0.377 e. The highest BCUT2D eigenvalue weighted by molar-refractivity contribution is 5.80. The Labute approximate surface area is 137 Å². The first-order valence-electron chi connectivity index (χ1n) is 8.43. The SMILES string of the molecule is CCNC(=NCc1cccc(F)c1)NC1C2CCOC2C1(C)C. The molecular formula is C18H26FN3O. The Morgan fingerprint density at radius 1 is 1.43 bits per heavy atom. The van der Waals surface area contributed by atoms with Crippen LogP contribution in [0, 0.1) is 17.2 Å². The van der Waals surface area contributed by atoms with Gasteiger partial charge in [0.2, 0.25) is 0 Å². The summed E-state index contributed by atoms with van der Waals surface area (Å²) in [5.41, 5.74) is 0.980. The Hall–Kier alpha value is -1.62. The van der Waals surface area contributed by atoms with Crippen LogP contribution in [0.3, 0.4) is 0 Å². The zero-order chi connectivity index (χ0) is 16.4. The van der Waals surface area contributed by atoms with Crippen molar-refractivity contribution in [1.82, 2.24) is 10.6 Å². The van der Waals surface area contributed by atoms with E-state index in [1.54, 1.807) is 6.07 Å². The fourth-order valence-electron chi connectivity index (χ4n) is 3.89. The molecule has 0 aromatic heterocycles. The maximum absolute atomic E-state index is 13.3. The van der Waals surface area contributed by atoms with Gasteiger partial charge < -0.3 is 15.4 Å². The van der Waals surface area contributed by atoms with E-state index in [4.69, 9.17) is 4.74 Å². The maximum Gasteiger partial charge on any atom is 0.191 e. The lowest BCUT2D eigenvalue weighted by Gasteiger charge is -2.54. The van der Waals surface area contributed by atoms with Gasteiger partial charge in [-0.15, -0.1) is 0 Å². The monoisotopic (exact) mass is 319 g/mol. The van der Waals surface area contributed by atoms with Crippen molar-refractivity contribution >= 4 is 5.96 Å². The first-order valence-corrected chi connectivity index (χ1v) is 8.43. The summed E-state index contributed by atoms with van der Waals surface area (Å²) < 4.78 is 19.1. The minimum absolute atomic E-state index is 0.107. The van der Waals surface area contributed by atoms with Gasteiger partial charge in [0.25, 0.3) is 0 Å². The molecule has 3 atom stereocenters. The van der Waals surface area contributed by atoms with E-state index >= 15 is 0 Å². The largest absolute Gasteiger partial charge is 0.377 e. The van der Waals surface area contributed by atoms with Gasteiger partial charge in [0.1, 0.15) is 5.82 Å². The average molecular weight is 319 g/mol. The third-order valence-corrected chi connectivity index (χ3v) is 5.05. The predicted molar refractivity (Wildman–Crippen MR) is 89.8 cm³/mol. The Morgan fingerprint density at radius 2 is 2.26 bits per heavy atom. The molecular weight excluding hydrogens is 293 g/mol. The van der Waals surface area contributed by atoms with Crippen molar-refractivity contribution < 1.29 is 9.13 Å². The molecule has 0 bridgehead atoms. The molecule has 1 aromatic rings. The van der Waals surface area contributed by atoms with Gasteiger partial charge in [0.05, 0.1) is 12.6 Å². The van der Waals surface area contributed by atoms with E-state index < -0.39 is 0 Å². The lowest BCUT2D eigenvalue weighted by molar-refractivity contribution is -0.106. The second-order valence-corrected chi connectivity index (χ2v) is 7.01. The van der Waals surface area contributed by atoms with Crippen LogP contribution in [0.25, 0.3) is 0 Å². The molecule has 0 radical (unpaired) electrons. The number of nitrogens with one attached hydrogen (secondary N) is 2. The van der Waals surface area contributed by atoms with Crippen molar-refractivity contribution in [1.29, 1.82) is 0 Å². The van der Waals surface area contributed by atoms with Crippen molar-refractivity contribution in [3.05, 3.63) is 35.6 Å². The first-order chi connectivity index (χ1) is 11.0. The number of guanidine groups is 1. The lowest BCUT2D eigenvalue weighted by Crippen LogP contribution is -2.67. The number of benzene rings is 1. The number of rotatable bonds is 4. The van der Waals surface area contributed by atoms with Crippen LogP contribution in [-0.4, -0.2) is 31.3 Å². The van der Waals surface area contributed by atoms with Crippen molar-refractivity contribution in [2.45, 2.75) is 45.9 Å². The smallest absolute Gasteiger partial charge is 0.191 e. The molecule has 0 spiro atoms. The van der Waals surface area contributed by atoms with Crippen LogP contribution in [0.4, 0.5) is 4.39 Å². The van der Waals surface area contributed by atoms with Gasteiger partial charge >= 0.3 is 0 Å². The van der Waals surface area contributed by atoms with Gasteiger partial charge in [0, 0.05) is 30.5 Å². The minimum atomic E-state index is -0.221. The number of aliphatic imine (C=N–C) groups is 1. The Balaban J connectivity index is 1.68. The zero-order valence-corrected chi connectivity index (χ0v) is 14.1. The lowest BCUT2D eigenvalue weighted by atomic mass is 9.57. The molecule has 0 amide bonds. The number of nitrogens with zero attached hydrogens (tertiary/aromatic N) is 1. The molecule has 3 rings (SSSR count). The van der Waals surface area contributed by atoms with E-state index in [1.165, 1.54) is 12.1 Å². The summed E-state index contributed by atoms with van der Waals surface area (Å²) in [6.45, 7) is 8.65. The second kappa shape index (κ2) is 6.48. The topological polar surface area (TPSA) is 45.7 Å². The number of ether oxygens (including phenoxy) is 1. The standard InChI is InChI=1S/C18H26FN3O/c1-4-20-17(21-11-12-6-5-7-13(19)10-12)22-15-14-8-9-23-16(14)18(15,2)3/h5-7,10,14-16H,4,8-9,11H2,1-3H3,(H2,20,21,22). The van der Waals surface area contributed by atoms with Crippen LogP contribution in [-0.2, 0) is 11.3 Å². The van der Waals surface area contributed by atoms with Crippen LogP contribution in [0.5, 0.6) is 0 Å². The van der Waals surface area contributed by atoms with Gasteiger partial charge in [-0.25, -0.2) is 9.38 Å². The third-order valence-electron chi connectivity index (χ3n) is 5.05. The summed E-state index contributed by atoms with van der Waals surface area (Å²) in [6, 6.07) is 6.95. The number of fused-ring (bicyclic) bond motifs is 1. The van der Waals surface area contributed by atoms with E-state index in [0.29, 0.717) is 24.6 Å². The highest BCUT2D eigenvalue weighted by Gasteiger charge is 2.59. The summed E-state index contributed by atoms with van der Waals surface area (Å²) in [5.74, 6) is 1.13. The van der Waals surface area contributed by atoms with E-state index in [9.17, 15) is 4.39 Å². The molecule has 23 heavy (non-hydrogen) atoms. The van der Waals surface area contributed by atoms with Gasteiger partial charge in [-0.2, -0.15) is 0 Å². The fraction of sp³-hybridized carbons (Fsp3) is 0.611. The molecule has 1 saturated carbocycles. The van der Waals surface area contributed by atoms with Crippen LogP contribution in [0.2, 0.25) is 0 Å². The molecule has 2 N–H and O–H groups in total. The Kier molecular flexibility index (Phi) is 4.57. The molecule has 1 aromatic carbocycles. The van der Waals surface area contributed by atoms with Gasteiger partial charge in [-0.3, -0.25) is 0 Å². The molecule has 3 unspecified atom stereocenters. The average Bonchev–Trinajstić information content (AvgIpc) is 2.97. The van der Waals surface area contributed by atoms with E-state index in [2.05, 4.69) is 29.5 Å². The zero-order valence-electron chi connectivity index (χ0n) is 14.1. The summed E-state index contributed by atoms with van der Waals surface area (Å²) in [6.07, 6.45) is 1.46. The normalized spacial score (nSPS) is 28.9. The number of hydrogen-bond acceptors (Lipinski definition) is 2. The summed E-state index contributed by atoms with van der Waals surface area (Å²) >= 11 is 0. The van der Waals surface area contributed by atoms with Crippen LogP contribution in [0.1, 0.15) is 32.8 Å². The second-order valence-electron chi connectivity index (χ2n) is 7.01. The van der Waals surface area contributed by atoms with Crippen molar-refractivity contribution in [3.63, 3.8) is 0 Å². The fourth-order valence-corrected chi connectivity index (χ4v) is 3.89. The van der Waals surface area contributed by atoms with Crippen LogP contribution >= 0.6 is 0 Å². The van der Waals surface area contributed by atoms with E-state index in [1.807, 2.05) is 13.0 Å². The van der Waals surface area contributed by atoms with Crippen molar-refractivity contribution in [2.24, 2.45) is 16.3 Å². The summed E-state index contributed by atoms with van der Waals surface area (Å²) in [7, 11) is 0. The van der Waals surface area contributed by atoms with Gasteiger partial charge in [-0.05, 0) is 31.0 Å². The van der Waals surface area contributed by atoms with Crippen molar-refractivity contribution in [2.75, 3.05) is 13.2 Å². The number of hydrogen-bond donors (Lipinski definition) is 2. The Bertz CT molecular complexity index is 587. The molecule has 1 heterocycles. The first kappa shape index (κ1) is 16.2. The van der Waals surface area contributed by atoms with Crippen LogP contribution < -0.4 is 10.6 Å². The van der Waals surface area contributed by atoms with Gasteiger partial charge in [0.15, 0.2) is 5.96 Å². The molecule has 1 saturated heterocycles.